The molecule has 0 aliphatic carbocycles. The van der Waals surface area contributed by atoms with Crippen molar-refractivity contribution in [2.45, 2.75) is 6.92 Å². The molecule has 0 fully saturated rings. The van der Waals surface area contributed by atoms with Crippen LogP contribution in [0.25, 0.3) is 20.2 Å². The SMILES string of the molecule is C=C/C(=N/C)c1c(C)ccc2c1sc1ccccc12. The number of hydrogen-bond donors (Lipinski definition) is 0. The molecule has 3 aromatic rings. The Hall–Kier alpha value is -1.93. The Labute approximate surface area is 116 Å². The van der Waals surface area contributed by atoms with Gasteiger partial charge in [-0.05, 0) is 24.6 Å². The second-order valence-electron chi connectivity index (χ2n) is 4.55. The number of rotatable bonds is 2. The van der Waals surface area contributed by atoms with Crippen molar-refractivity contribution in [3.8, 4) is 0 Å². The second kappa shape index (κ2) is 4.63. The van der Waals surface area contributed by atoms with Crippen LogP contribution in [0.5, 0.6) is 0 Å². The summed E-state index contributed by atoms with van der Waals surface area (Å²) in [6.45, 7) is 6.02. The molecule has 0 bridgehead atoms. The zero-order chi connectivity index (χ0) is 13.4. The first-order valence-corrected chi connectivity index (χ1v) is 7.08. The maximum Gasteiger partial charge on any atom is 0.0654 e. The summed E-state index contributed by atoms with van der Waals surface area (Å²) >= 11 is 1.83. The summed E-state index contributed by atoms with van der Waals surface area (Å²) < 4.78 is 2.63. The van der Waals surface area contributed by atoms with E-state index < -0.39 is 0 Å². The molecule has 0 amide bonds. The fourth-order valence-electron chi connectivity index (χ4n) is 2.51. The lowest BCUT2D eigenvalue weighted by Crippen LogP contribution is -1.99. The lowest BCUT2D eigenvalue weighted by atomic mass is 10.0. The van der Waals surface area contributed by atoms with E-state index in [9.17, 15) is 0 Å². The first-order chi connectivity index (χ1) is 9.26. The normalized spacial score (nSPS) is 12.2. The fourth-order valence-corrected chi connectivity index (χ4v) is 3.82. The van der Waals surface area contributed by atoms with Gasteiger partial charge < -0.3 is 0 Å². The van der Waals surface area contributed by atoms with Gasteiger partial charge in [0.25, 0.3) is 0 Å². The van der Waals surface area contributed by atoms with Crippen LogP contribution in [-0.2, 0) is 0 Å². The molecule has 1 nitrogen and oxygen atoms in total. The van der Waals surface area contributed by atoms with Gasteiger partial charge >= 0.3 is 0 Å². The molecule has 1 heterocycles. The van der Waals surface area contributed by atoms with Crippen LogP contribution in [0.1, 0.15) is 11.1 Å². The lowest BCUT2D eigenvalue weighted by Gasteiger charge is -2.07. The number of aryl methyl sites for hydroxylation is 1. The minimum Gasteiger partial charge on any atom is -0.288 e. The molecule has 19 heavy (non-hydrogen) atoms. The minimum absolute atomic E-state index is 0.967. The van der Waals surface area contributed by atoms with Gasteiger partial charge in [0.2, 0.25) is 0 Å². The van der Waals surface area contributed by atoms with E-state index in [0.29, 0.717) is 0 Å². The molecule has 0 radical (unpaired) electrons. The summed E-state index contributed by atoms with van der Waals surface area (Å²) in [6, 6.07) is 12.9. The summed E-state index contributed by atoms with van der Waals surface area (Å²) in [5.74, 6) is 0. The van der Waals surface area contributed by atoms with Gasteiger partial charge in [-0.3, -0.25) is 4.99 Å². The quantitative estimate of drug-likeness (QED) is 0.580. The number of aliphatic imine (C=N–C) groups is 1. The molecule has 0 spiro atoms. The molecule has 0 unspecified atom stereocenters. The molecule has 3 rings (SSSR count). The van der Waals surface area contributed by atoms with Crippen molar-refractivity contribution < 1.29 is 0 Å². The molecule has 94 valence electrons. The van der Waals surface area contributed by atoms with Gasteiger partial charge in [0, 0.05) is 32.8 Å². The van der Waals surface area contributed by atoms with Crippen molar-refractivity contribution in [2.75, 3.05) is 7.05 Å². The number of nitrogens with zero attached hydrogens (tertiary/aromatic N) is 1. The highest BCUT2D eigenvalue weighted by Crippen LogP contribution is 2.37. The first kappa shape index (κ1) is 12.1. The number of hydrogen-bond acceptors (Lipinski definition) is 2. The van der Waals surface area contributed by atoms with E-state index in [1.807, 2.05) is 24.5 Å². The molecule has 0 aliphatic heterocycles. The van der Waals surface area contributed by atoms with Crippen molar-refractivity contribution in [3.63, 3.8) is 0 Å². The zero-order valence-electron chi connectivity index (χ0n) is 11.1. The highest BCUT2D eigenvalue weighted by Gasteiger charge is 2.13. The topological polar surface area (TPSA) is 12.4 Å². The molecule has 0 N–H and O–H groups in total. The Kier molecular flexibility index (Phi) is 2.96. The monoisotopic (exact) mass is 265 g/mol. The second-order valence-corrected chi connectivity index (χ2v) is 5.60. The van der Waals surface area contributed by atoms with Crippen molar-refractivity contribution in [1.29, 1.82) is 0 Å². The third-order valence-corrected chi connectivity index (χ3v) is 4.65. The fraction of sp³-hybridized carbons (Fsp3) is 0.118. The van der Waals surface area contributed by atoms with E-state index in [1.165, 1.54) is 31.3 Å². The summed E-state index contributed by atoms with van der Waals surface area (Å²) in [7, 11) is 1.82. The number of thiophene rings is 1. The maximum absolute atomic E-state index is 4.36. The van der Waals surface area contributed by atoms with E-state index >= 15 is 0 Å². The molecule has 0 saturated carbocycles. The van der Waals surface area contributed by atoms with Crippen LogP contribution in [0.2, 0.25) is 0 Å². The standard InChI is InChI=1S/C17H15NS/c1-4-14(18-3)16-11(2)9-10-13-12-7-5-6-8-15(12)19-17(13)16/h4-10H,1H2,2-3H3/b18-14-. The molecule has 0 saturated heterocycles. The predicted octanol–water partition coefficient (Wildman–Crippen LogP) is 4.97. The van der Waals surface area contributed by atoms with Gasteiger partial charge in [-0.15, -0.1) is 11.3 Å². The lowest BCUT2D eigenvalue weighted by molar-refractivity contribution is 1.41. The van der Waals surface area contributed by atoms with Crippen LogP contribution >= 0.6 is 11.3 Å². The Morgan fingerprint density at radius 2 is 1.95 bits per heavy atom. The summed E-state index contributed by atoms with van der Waals surface area (Å²) in [6.07, 6.45) is 1.84. The van der Waals surface area contributed by atoms with E-state index in [-0.39, 0.29) is 0 Å². The van der Waals surface area contributed by atoms with Crippen molar-refractivity contribution in [1.82, 2.24) is 0 Å². The van der Waals surface area contributed by atoms with E-state index in [0.717, 1.165) is 5.71 Å². The average molecular weight is 265 g/mol. The summed E-state index contributed by atoms with van der Waals surface area (Å²) in [4.78, 5) is 4.36. The Morgan fingerprint density at radius 3 is 2.68 bits per heavy atom. The molecule has 0 aliphatic rings. The van der Waals surface area contributed by atoms with Crippen molar-refractivity contribution in [2.24, 2.45) is 4.99 Å². The Bertz CT molecular complexity index is 809. The summed E-state index contributed by atoms with van der Waals surface area (Å²) in [5, 5.41) is 2.63. The third-order valence-electron chi connectivity index (χ3n) is 3.45. The third kappa shape index (κ3) is 1.80. The predicted molar refractivity (Wildman–Crippen MR) is 86.7 cm³/mol. The van der Waals surface area contributed by atoms with Gasteiger partial charge in [0.05, 0.1) is 5.71 Å². The molecule has 2 heteroatoms. The Balaban J connectivity index is 2.50. The maximum atomic E-state index is 4.36. The number of benzene rings is 2. The molecule has 0 atom stereocenters. The van der Waals surface area contributed by atoms with Crippen LogP contribution in [-0.4, -0.2) is 12.8 Å². The molecular formula is C17H15NS. The Morgan fingerprint density at radius 1 is 1.16 bits per heavy atom. The van der Waals surface area contributed by atoms with E-state index in [1.54, 1.807) is 0 Å². The van der Waals surface area contributed by atoms with E-state index in [4.69, 9.17) is 0 Å². The molecule has 2 aromatic carbocycles. The first-order valence-electron chi connectivity index (χ1n) is 6.26. The van der Waals surface area contributed by atoms with Crippen LogP contribution in [0.15, 0.2) is 54.0 Å². The van der Waals surface area contributed by atoms with E-state index in [2.05, 4.69) is 54.9 Å². The van der Waals surface area contributed by atoms with Gasteiger partial charge in [0.1, 0.15) is 0 Å². The van der Waals surface area contributed by atoms with Gasteiger partial charge in [0.15, 0.2) is 0 Å². The number of allylic oxidation sites excluding steroid dienone is 1. The highest BCUT2D eigenvalue weighted by atomic mass is 32.1. The largest absolute Gasteiger partial charge is 0.288 e. The van der Waals surface area contributed by atoms with Crippen molar-refractivity contribution >= 4 is 37.2 Å². The van der Waals surface area contributed by atoms with Gasteiger partial charge in [-0.25, -0.2) is 0 Å². The average Bonchev–Trinajstić information content (AvgIpc) is 2.81. The number of fused-ring (bicyclic) bond motifs is 3. The van der Waals surface area contributed by atoms with Crippen LogP contribution in [0.4, 0.5) is 0 Å². The summed E-state index contributed by atoms with van der Waals surface area (Å²) in [5.41, 5.74) is 3.44. The minimum atomic E-state index is 0.967. The van der Waals surface area contributed by atoms with Crippen LogP contribution in [0, 0.1) is 6.92 Å². The zero-order valence-corrected chi connectivity index (χ0v) is 11.9. The molecule has 1 aromatic heterocycles. The highest BCUT2D eigenvalue weighted by molar-refractivity contribution is 7.26. The van der Waals surface area contributed by atoms with Crippen LogP contribution < -0.4 is 0 Å². The smallest absolute Gasteiger partial charge is 0.0654 e. The van der Waals surface area contributed by atoms with Gasteiger partial charge in [-0.2, -0.15) is 0 Å². The molecular weight excluding hydrogens is 250 g/mol. The van der Waals surface area contributed by atoms with Gasteiger partial charge in [-0.1, -0.05) is 36.9 Å². The van der Waals surface area contributed by atoms with Crippen molar-refractivity contribution in [3.05, 3.63) is 60.2 Å². The van der Waals surface area contributed by atoms with Crippen LogP contribution in [0.3, 0.4) is 0 Å².